The zero-order valence-electron chi connectivity index (χ0n) is 11.7. The number of anilines is 1. The molecule has 4 nitrogen and oxygen atoms in total. The molecule has 1 saturated heterocycles. The summed E-state index contributed by atoms with van der Waals surface area (Å²) < 4.78 is 4.96. The number of hydrogen-bond acceptors (Lipinski definition) is 4. The van der Waals surface area contributed by atoms with Crippen LogP contribution < -0.4 is 5.32 Å². The molecule has 102 valence electrons. The molecule has 1 aromatic carbocycles. The van der Waals surface area contributed by atoms with Gasteiger partial charge in [-0.25, -0.2) is 4.79 Å². The molecular formula is C14H21BN2O2. The molecule has 1 heterocycles. The van der Waals surface area contributed by atoms with E-state index in [-0.39, 0.29) is 5.97 Å². The molecule has 5 heteroatoms. The number of carbonyl (C=O) groups is 1. The molecule has 0 unspecified atom stereocenters. The second-order valence-corrected chi connectivity index (χ2v) is 5.02. The Morgan fingerprint density at radius 1 is 1.37 bits per heavy atom. The molecule has 1 aliphatic rings. The van der Waals surface area contributed by atoms with E-state index in [4.69, 9.17) is 4.74 Å². The first-order valence-electron chi connectivity index (χ1n) is 6.91. The van der Waals surface area contributed by atoms with Gasteiger partial charge < -0.3 is 14.9 Å². The number of nitrogens with one attached hydrogen (secondary N) is 1. The lowest BCUT2D eigenvalue weighted by atomic mass is 10.0. The molecule has 0 spiro atoms. The number of ether oxygens (including phenoxy) is 1. The van der Waals surface area contributed by atoms with Gasteiger partial charge in [0.05, 0.1) is 12.2 Å². The number of rotatable bonds is 4. The largest absolute Gasteiger partial charge is 0.462 e. The van der Waals surface area contributed by atoms with Gasteiger partial charge in [0.2, 0.25) is 0 Å². The van der Waals surface area contributed by atoms with Crippen LogP contribution in [-0.2, 0) is 4.74 Å². The number of piperidine rings is 1. The zero-order valence-corrected chi connectivity index (χ0v) is 11.7. The average molecular weight is 260 g/mol. The summed E-state index contributed by atoms with van der Waals surface area (Å²) >= 11 is 0. The minimum absolute atomic E-state index is 0.256. The molecule has 19 heavy (non-hydrogen) atoms. The SMILES string of the molecule is BN1CCC(Nc2ccc(C(=O)OCC)cc2)CC1. The molecule has 2 rings (SSSR count). The Morgan fingerprint density at radius 2 is 2.00 bits per heavy atom. The van der Waals surface area contributed by atoms with Gasteiger partial charge in [0.25, 0.3) is 0 Å². The van der Waals surface area contributed by atoms with E-state index in [1.165, 1.54) is 0 Å². The van der Waals surface area contributed by atoms with Crippen LogP contribution in [0.5, 0.6) is 0 Å². The number of hydrogen-bond donors (Lipinski definition) is 1. The van der Waals surface area contributed by atoms with Gasteiger partial charge in [-0.3, -0.25) is 0 Å². The van der Waals surface area contributed by atoms with Crippen molar-refractivity contribution in [3.05, 3.63) is 29.8 Å². The Balaban J connectivity index is 1.90. The molecule has 0 aliphatic carbocycles. The predicted molar refractivity (Wildman–Crippen MR) is 79.2 cm³/mol. The van der Waals surface area contributed by atoms with Gasteiger partial charge in [-0.15, -0.1) is 0 Å². The third-order valence-corrected chi connectivity index (χ3v) is 3.49. The first kappa shape index (κ1) is 13.9. The van der Waals surface area contributed by atoms with Crippen LogP contribution in [0.4, 0.5) is 5.69 Å². The van der Waals surface area contributed by atoms with Gasteiger partial charge in [-0.05, 0) is 57.1 Å². The normalized spacial score (nSPS) is 17.1. The smallest absolute Gasteiger partial charge is 0.338 e. The van der Waals surface area contributed by atoms with E-state index in [9.17, 15) is 4.79 Å². The average Bonchev–Trinajstić information content (AvgIpc) is 2.42. The summed E-state index contributed by atoms with van der Waals surface area (Å²) in [5.41, 5.74) is 1.68. The molecular weight excluding hydrogens is 239 g/mol. The van der Waals surface area contributed by atoms with E-state index < -0.39 is 0 Å². The third-order valence-electron chi connectivity index (χ3n) is 3.49. The monoisotopic (exact) mass is 260 g/mol. The number of benzene rings is 1. The summed E-state index contributed by atoms with van der Waals surface area (Å²) in [5.74, 6) is -0.256. The fourth-order valence-electron chi connectivity index (χ4n) is 2.31. The Morgan fingerprint density at radius 3 is 2.58 bits per heavy atom. The summed E-state index contributed by atoms with van der Waals surface area (Å²) in [5, 5.41) is 3.52. The number of carbonyl (C=O) groups excluding carboxylic acids is 1. The van der Waals surface area contributed by atoms with Crippen molar-refractivity contribution in [1.29, 1.82) is 0 Å². The van der Waals surface area contributed by atoms with Gasteiger partial charge in [-0.1, -0.05) is 0 Å². The first-order valence-corrected chi connectivity index (χ1v) is 6.91. The lowest BCUT2D eigenvalue weighted by Crippen LogP contribution is -2.37. The van der Waals surface area contributed by atoms with Crippen molar-refractivity contribution < 1.29 is 9.53 Å². The molecule has 0 bridgehead atoms. The summed E-state index contributed by atoms with van der Waals surface area (Å²) in [4.78, 5) is 13.9. The van der Waals surface area contributed by atoms with Crippen LogP contribution in [0.3, 0.4) is 0 Å². The van der Waals surface area contributed by atoms with E-state index in [1.807, 2.05) is 31.2 Å². The lowest BCUT2D eigenvalue weighted by molar-refractivity contribution is 0.0526. The highest BCUT2D eigenvalue weighted by Crippen LogP contribution is 2.16. The molecule has 1 aliphatic heterocycles. The fourth-order valence-corrected chi connectivity index (χ4v) is 2.31. The molecule has 0 saturated carbocycles. The maximum absolute atomic E-state index is 11.5. The van der Waals surface area contributed by atoms with E-state index >= 15 is 0 Å². The van der Waals surface area contributed by atoms with E-state index in [1.54, 1.807) is 0 Å². The van der Waals surface area contributed by atoms with Crippen molar-refractivity contribution in [3.8, 4) is 0 Å². The van der Waals surface area contributed by atoms with Gasteiger partial charge in [0.15, 0.2) is 7.98 Å². The third kappa shape index (κ3) is 3.99. The molecule has 1 N–H and O–H groups in total. The Kier molecular flexibility index (Phi) is 4.85. The summed E-state index contributed by atoms with van der Waals surface area (Å²) in [6.07, 6.45) is 2.33. The zero-order chi connectivity index (χ0) is 13.7. The summed E-state index contributed by atoms with van der Waals surface area (Å²) in [7, 11) is 2.16. The number of nitrogens with zero attached hydrogens (tertiary/aromatic N) is 1. The van der Waals surface area contributed by atoms with Gasteiger partial charge in [0.1, 0.15) is 0 Å². The maximum Gasteiger partial charge on any atom is 0.338 e. The minimum Gasteiger partial charge on any atom is -0.462 e. The van der Waals surface area contributed by atoms with E-state index in [0.717, 1.165) is 31.6 Å². The molecule has 0 atom stereocenters. The summed E-state index contributed by atoms with van der Waals surface area (Å²) in [6, 6.07) is 8.06. The van der Waals surface area contributed by atoms with Crippen LogP contribution in [-0.4, -0.2) is 44.5 Å². The second kappa shape index (κ2) is 6.61. The molecule has 0 amide bonds. The maximum atomic E-state index is 11.5. The van der Waals surface area contributed by atoms with Crippen LogP contribution in [0.2, 0.25) is 0 Å². The van der Waals surface area contributed by atoms with Crippen molar-refractivity contribution in [2.45, 2.75) is 25.8 Å². The highest BCUT2D eigenvalue weighted by atomic mass is 16.5. The first-order chi connectivity index (χ1) is 9.19. The highest BCUT2D eigenvalue weighted by Gasteiger charge is 2.16. The molecule has 1 fully saturated rings. The van der Waals surface area contributed by atoms with Crippen molar-refractivity contribution in [1.82, 2.24) is 4.81 Å². The quantitative estimate of drug-likeness (QED) is 0.654. The standard InChI is InChI=1S/C14H21BN2O2/c1-2-19-14(18)11-3-5-12(6-4-11)16-13-7-9-17(15)10-8-13/h3-6,13,16H,2,7-10,15H2,1H3. The van der Waals surface area contributed by atoms with Gasteiger partial charge in [-0.2, -0.15) is 0 Å². The van der Waals surface area contributed by atoms with Crippen LogP contribution in [0.1, 0.15) is 30.1 Å². The lowest BCUT2D eigenvalue weighted by Gasteiger charge is -2.30. The van der Waals surface area contributed by atoms with Crippen molar-refractivity contribution >= 4 is 19.6 Å². The predicted octanol–water partition coefficient (Wildman–Crippen LogP) is 1.29. The van der Waals surface area contributed by atoms with Gasteiger partial charge >= 0.3 is 5.97 Å². The van der Waals surface area contributed by atoms with Crippen LogP contribution in [0.15, 0.2) is 24.3 Å². The minimum atomic E-state index is -0.256. The van der Waals surface area contributed by atoms with E-state index in [0.29, 0.717) is 18.2 Å². The number of esters is 1. The topological polar surface area (TPSA) is 41.6 Å². The summed E-state index contributed by atoms with van der Waals surface area (Å²) in [6.45, 7) is 4.50. The van der Waals surface area contributed by atoms with Crippen molar-refractivity contribution in [2.24, 2.45) is 0 Å². The van der Waals surface area contributed by atoms with E-state index in [2.05, 4.69) is 18.1 Å². The molecule has 1 aromatic rings. The highest BCUT2D eigenvalue weighted by molar-refractivity contribution is 6.04. The second-order valence-electron chi connectivity index (χ2n) is 5.02. The fraction of sp³-hybridized carbons (Fsp3) is 0.500. The molecule has 0 radical (unpaired) electrons. The van der Waals surface area contributed by atoms with Crippen LogP contribution >= 0.6 is 0 Å². The van der Waals surface area contributed by atoms with Crippen LogP contribution in [0, 0.1) is 0 Å². The molecule has 0 aromatic heterocycles. The van der Waals surface area contributed by atoms with Crippen molar-refractivity contribution in [3.63, 3.8) is 0 Å². The Bertz CT molecular complexity index is 414. The Hall–Kier alpha value is -1.49. The van der Waals surface area contributed by atoms with Crippen LogP contribution in [0.25, 0.3) is 0 Å². The van der Waals surface area contributed by atoms with Gasteiger partial charge in [0, 0.05) is 11.7 Å². The van der Waals surface area contributed by atoms with Crippen molar-refractivity contribution in [2.75, 3.05) is 25.0 Å². The Labute approximate surface area is 115 Å².